The van der Waals surface area contributed by atoms with Crippen molar-refractivity contribution < 1.29 is 4.84 Å². The van der Waals surface area contributed by atoms with Gasteiger partial charge in [-0.2, -0.15) is 0 Å². The Morgan fingerprint density at radius 2 is 1.95 bits per heavy atom. The van der Waals surface area contributed by atoms with Crippen LogP contribution in [0.2, 0.25) is 0 Å². The highest BCUT2D eigenvalue weighted by atomic mass is 16.6. The summed E-state index contributed by atoms with van der Waals surface area (Å²) in [7, 11) is 0. The third-order valence-corrected chi connectivity index (χ3v) is 3.43. The van der Waals surface area contributed by atoms with Crippen molar-refractivity contribution in [3.05, 3.63) is 48.0 Å². The molecule has 0 N–H and O–H groups in total. The van der Waals surface area contributed by atoms with Crippen molar-refractivity contribution in [2.75, 3.05) is 0 Å². The van der Waals surface area contributed by atoms with Crippen LogP contribution in [0, 0.1) is 12.8 Å². The molecule has 0 amide bonds. The van der Waals surface area contributed by atoms with Gasteiger partial charge in [-0.1, -0.05) is 61.8 Å². The molecular weight excluding hydrogens is 246 g/mol. The zero-order chi connectivity index (χ0) is 15.0. The molecule has 1 rings (SSSR count). The van der Waals surface area contributed by atoms with Crippen molar-refractivity contribution in [3.8, 4) is 0 Å². The predicted molar refractivity (Wildman–Crippen MR) is 87.1 cm³/mol. The fourth-order valence-corrected chi connectivity index (χ4v) is 1.91. The van der Waals surface area contributed by atoms with Crippen molar-refractivity contribution >= 4 is 6.21 Å². The largest absolute Gasteiger partial charge is 0.385 e. The molecule has 1 unspecified atom stereocenters. The molecule has 1 aromatic carbocycles. The lowest BCUT2D eigenvalue weighted by molar-refractivity contribution is 0.00224. The highest BCUT2D eigenvalue weighted by Crippen LogP contribution is 2.22. The minimum atomic E-state index is -0.379. The molecule has 1 aromatic rings. The SMILES string of the molecule is C=CC(C)(CCCC(C)C)ON=Cc1ccc(C)cc1. The van der Waals surface area contributed by atoms with E-state index in [4.69, 9.17) is 4.84 Å². The van der Waals surface area contributed by atoms with Gasteiger partial charge in [-0.3, -0.25) is 0 Å². The molecule has 0 spiro atoms. The highest BCUT2D eigenvalue weighted by Gasteiger charge is 2.21. The van der Waals surface area contributed by atoms with Crippen molar-refractivity contribution in [1.29, 1.82) is 0 Å². The Balaban J connectivity index is 2.50. The molecule has 110 valence electrons. The Morgan fingerprint density at radius 1 is 1.30 bits per heavy atom. The Kier molecular flexibility index (Phi) is 6.50. The Hall–Kier alpha value is -1.57. The second-order valence-corrected chi connectivity index (χ2v) is 6.04. The van der Waals surface area contributed by atoms with Crippen LogP contribution in [0.3, 0.4) is 0 Å². The fraction of sp³-hybridized carbons (Fsp3) is 0.500. The lowest BCUT2D eigenvalue weighted by Crippen LogP contribution is -2.23. The summed E-state index contributed by atoms with van der Waals surface area (Å²) >= 11 is 0. The van der Waals surface area contributed by atoms with Gasteiger partial charge in [-0.05, 0) is 44.2 Å². The zero-order valence-corrected chi connectivity index (χ0v) is 13.2. The lowest BCUT2D eigenvalue weighted by Gasteiger charge is -2.23. The van der Waals surface area contributed by atoms with Crippen LogP contribution in [0.25, 0.3) is 0 Å². The average molecular weight is 273 g/mol. The topological polar surface area (TPSA) is 21.6 Å². The van der Waals surface area contributed by atoms with E-state index < -0.39 is 0 Å². The van der Waals surface area contributed by atoms with E-state index in [1.807, 2.05) is 25.1 Å². The van der Waals surface area contributed by atoms with Gasteiger partial charge < -0.3 is 4.84 Å². The van der Waals surface area contributed by atoms with Crippen LogP contribution < -0.4 is 0 Å². The summed E-state index contributed by atoms with van der Waals surface area (Å²) in [6, 6.07) is 8.20. The maximum absolute atomic E-state index is 5.65. The van der Waals surface area contributed by atoms with Gasteiger partial charge in [0.25, 0.3) is 0 Å². The van der Waals surface area contributed by atoms with E-state index in [9.17, 15) is 0 Å². The number of oxime groups is 1. The molecule has 0 heterocycles. The van der Waals surface area contributed by atoms with Gasteiger partial charge in [-0.15, -0.1) is 0 Å². The Labute approximate surface area is 123 Å². The first kappa shape index (κ1) is 16.5. The molecule has 0 aliphatic rings. The van der Waals surface area contributed by atoms with Crippen molar-refractivity contribution in [3.63, 3.8) is 0 Å². The van der Waals surface area contributed by atoms with Crippen LogP contribution in [0.4, 0.5) is 0 Å². The molecule has 2 heteroatoms. The normalized spacial score (nSPS) is 14.4. The molecular formula is C18H27NO. The van der Waals surface area contributed by atoms with Gasteiger partial charge in [0, 0.05) is 0 Å². The minimum absolute atomic E-state index is 0.379. The molecule has 20 heavy (non-hydrogen) atoms. The molecule has 0 fully saturated rings. The molecule has 0 aliphatic carbocycles. The van der Waals surface area contributed by atoms with Gasteiger partial charge in [-0.25, -0.2) is 0 Å². The monoisotopic (exact) mass is 273 g/mol. The Morgan fingerprint density at radius 3 is 2.50 bits per heavy atom. The maximum Gasteiger partial charge on any atom is 0.152 e. The van der Waals surface area contributed by atoms with Gasteiger partial charge in [0.05, 0.1) is 6.21 Å². The van der Waals surface area contributed by atoms with E-state index in [0.29, 0.717) is 0 Å². The van der Waals surface area contributed by atoms with E-state index in [2.05, 4.69) is 44.6 Å². The summed E-state index contributed by atoms with van der Waals surface area (Å²) in [5, 5.41) is 4.12. The van der Waals surface area contributed by atoms with E-state index in [-0.39, 0.29) is 5.60 Å². The third-order valence-electron chi connectivity index (χ3n) is 3.43. The van der Waals surface area contributed by atoms with Crippen molar-refractivity contribution in [1.82, 2.24) is 0 Å². The standard InChI is InChI=1S/C18H27NO/c1-6-18(5,13-7-8-15(2)3)20-19-14-17-11-9-16(4)10-12-17/h6,9-12,14-15H,1,7-8,13H2,2-5H3. The number of benzene rings is 1. The van der Waals surface area contributed by atoms with Crippen LogP contribution >= 0.6 is 0 Å². The average Bonchev–Trinajstić information content (AvgIpc) is 2.41. The van der Waals surface area contributed by atoms with Gasteiger partial charge >= 0.3 is 0 Å². The predicted octanol–water partition coefficient (Wildman–Crippen LogP) is 5.12. The summed E-state index contributed by atoms with van der Waals surface area (Å²) in [5.74, 6) is 0.722. The summed E-state index contributed by atoms with van der Waals surface area (Å²) in [6.45, 7) is 12.4. The molecule has 1 atom stereocenters. The molecule has 0 aliphatic heterocycles. The summed E-state index contributed by atoms with van der Waals surface area (Å²) in [4.78, 5) is 5.65. The molecule has 0 saturated heterocycles. The summed E-state index contributed by atoms with van der Waals surface area (Å²) < 4.78 is 0. The smallest absolute Gasteiger partial charge is 0.152 e. The number of rotatable bonds is 8. The maximum atomic E-state index is 5.65. The second-order valence-electron chi connectivity index (χ2n) is 6.04. The first-order valence-electron chi connectivity index (χ1n) is 7.37. The van der Waals surface area contributed by atoms with Crippen LogP contribution in [0.15, 0.2) is 42.1 Å². The van der Waals surface area contributed by atoms with Gasteiger partial charge in [0.15, 0.2) is 5.60 Å². The third kappa shape index (κ3) is 6.05. The fourth-order valence-electron chi connectivity index (χ4n) is 1.91. The number of nitrogens with zero attached hydrogens (tertiary/aromatic N) is 1. The number of hydrogen-bond donors (Lipinski definition) is 0. The molecule has 0 radical (unpaired) electrons. The number of hydrogen-bond acceptors (Lipinski definition) is 2. The van der Waals surface area contributed by atoms with Crippen LogP contribution in [0.5, 0.6) is 0 Å². The highest BCUT2D eigenvalue weighted by molar-refractivity contribution is 5.79. The van der Waals surface area contributed by atoms with Crippen LogP contribution in [0.1, 0.15) is 51.2 Å². The number of aryl methyl sites for hydroxylation is 1. The zero-order valence-electron chi connectivity index (χ0n) is 13.2. The molecule has 2 nitrogen and oxygen atoms in total. The van der Waals surface area contributed by atoms with Crippen LogP contribution in [-0.4, -0.2) is 11.8 Å². The van der Waals surface area contributed by atoms with E-state index in [0.717, 1.165) is 24.3 Å². The quantitative estimate of drug-likeness (QED) is 0.366. The summed E-state index contributed by atoms with van der Waals surface area (Å²) in [6.07, 6.45) is 6.87. The molecule has 0 aromatic heterocycles. The molecule has 0 bridgehead atoms. The van der Waals surface area contributed by atoms with E-state index >= 15 is 0 Å². The van der Waals surface area contributed by atoms with Gasteiger partial charge in [0.1, 0.15) is 0 Å². The first-order valence-corrected chi connectivity index (χ1v) is 7.37. The summed E-state index contributed by atoms with van der Waals surface area (Å²) in [5.41, 5.74) is 1.91. The second kappa shape index (κ2) is 7.88. The van der Waals surface area contributed by atoms with Gasteiger partial charge in [0.2, 0.25) is 0 Å². The Bertz CT molecular complexity index is 433. The van der Waals surface area contributed by atoms with E-state index in [1.54, 1.807) is 6.21 Å². The lowest BCUT2D eigenvalue weighted by atomic mass is 9.96. The van der Waals surface area contributed by atoms with Crippen molar-refractivity contribution in [2.24, 2.45) is 11.1 Å². The van der Waals surface area contributed by atoms with Crippen molar-refractivity contribution in [2.45, 2.75) is 52.6 Å². The molecule has 0 saturated carbocycles. The minimum Gasteiger partial charge on any atom is -0.385 e. The van der Waals surface area contributed by atoms with E-state index in [1.165, 1.54) is 12.0 Å². The first-order chi connectivity index (χ1) is 9.45. The van der Waals surface area contributed by atoms with Crippen LogP contribution in [-0.2, 0) is 4.84 Å².